The third-order valence-electron chi connectivity index (χ3n) is 2.17. The molecule has 0 aliphatic heterocycles. The molecule has 0 saturated heterocycles. The molecule has 0 saturated carbocycles. The second kappa shape index (κ2) is 7.10. The molecule has 0 unspecified atom stereocenters. The highest BCUT2D eigenvalue weighted by Gasteiger charge is 2.11. The predicted molar refractivity (Wildman–Crippen MR) is 61.6 cm³/mol. The van der Waals surface area contributed by atoms with E-state index >= 15 is 0 Å². The van der Waals surface area contributed by atoms with E-state index in [9.17, 15) is 4.79 Å². The van der Waals surface area contributed by atoms with Gasteiger partial charge in [-0.2, -0.15) is 0 Å². The molecule has 0 aliphatic carbocycles. The maximum absolute atomic E-state index is 11.2. The molecule has 84 valence electrons. The number of hydrogen-bond acceptors (Lipinski definition) is 1. The number of halogens is 1. The molecule has 0 bridgehead atoms. The van der Waals surface area contributed by atoms with Gasteiger partial charge < -0.3 is 5.32 Å². The summed E-state index contributed by atoms with van der Waals surface area (Å²) in [6.07, 6.45) is 3.42. The number of amides is 1. The van der Waals surface area contributed by atoms with E-state index in [2.05, 4.69) is 19.2 Å². The zero-order valence-electron chi connectivity index (χ0n) is 9.64. The number of carbonyl (C=O) groups is 1. The Morgan fingerprint density at radius 2 is 1.79 bits per heavy atom. The summed E-state index contributed by atoms with van der Waals surface area (Å²) in [5.41, 5.74) is 0. The molecule has 0 spiro atoms. The van der Waals surface area contributed by atoms with Crippen LogP contribution in [0.15, 0.2) is 0 Å². The molecule has 2 atom stereocenters. The van der Waals surface area contributed by atoms with Crippen LogP contribution in [-0.4, -0.2) is 17.3 Å². The van der Waals surface area contributed by atoms with Crippen LogP contribution in [0, 0.1) is 5.92 Å². The maximum atomic E-state index is 11.2. The third kappa shape index (κ3) is 7.19. The summed E-state index contributed by atoms with van der Waals surface area (Å²) in [5.74, 6) is 0.675. The van der Waals surface area contributed by atoms with Gasteiger partial charge in [0.15, 0.2) is 0 Å². The first-order valence-corrected chi connectivity index (χ1v) is 5.81. The molecule has 0 fully saturated rings. The van der Waals surface area contributed by atoms with E-state index in [1.807, 2.05) is 6.92 Å². The maximum Gasteiger partial charge on any atom is 0.237 e. The SMILES string of the molecule is CC(C)CCC[C@H](C)NC(=O)[C@H](C)Cl. The summed E-state index contributed by atoms with van der Waals surface area (Å²) in [5, 5.41) is 2.45. The average Bonchev–Trinajstić information content (AvgIpc) is 2.02. The highest BCUT2D eigenvalue weighted by atomic mass is 35.5. The van der Waals surface area contributed by atoms with Gasteiger partial charge in [0.05, 0.1) is 0 Å². The molecular weight excluding hydrogens is 198 g/mol. The Kier molecular flexibility index (Phi) is 6.98. The first kappa shape index (κ1) is 13.8. The fourth-order valence-electron chi connectivity index (χ4n) is 1.26. The highest BCUT2D eigenvalue weighted by molar-refractivity contribution is 6.30. The van der Waals surface area contributed by atoms with E-state index in [-0.39, 0.29) is 11.9 Å². The Labute approximate surface area is 92.4 Å². The van der Waals surface area contributed by atoms with E-state index in [0.29, 0.717) is 0 Å². The monoisotopic (exact) mass is 219 g/mol. The second-order valence-electron chi connectivity index (χ2n) is 4.35. The Bertz CT molecular complexity index is 169. The topological polar surface area (TPSA) is 29.1 Å². The van der Waals surface area contributed by atoms with Crippen molar-refractivity contribution in [2.45, 2.75) is 58.4 Å². The van der Waals surface area contributed by atoms with Crippen molar-refractivity contribution in [1.82, 2.24) is 5.32 Å². The lowest BCUT2D eigenvalue weighted by Crippen LogP contribution is -2.36. The van der Waals surface area contributed by atoms with Crippen molar-refractivity contribution in [1.29, 1.82) is 0 Å². The minimum absolute atomic E-state index is 0.0660. The van der Waals surface area contributed by atoms with E-state index in [4.69, 9.17) is 11.6 Å². The van der Waals surface area contributed by atoms with Crippen LogP contribution < -0.4 is 5.32 Å². The standard InChI is InChI=1S/C11H22ClNO/c1-8(2)6-5-7-9(3)13-11(14)10(4)12/h8-10H,5-7H2,1-4H3,(H,13,14)/t9-,10-/m0/s1. The summed E-state index contributed by atoms with van der Waals surface area (Å²) < 4.78 is 0. The van der Waals surface area contributed by atoms with Gasteiger partial charge in [-0.1, -0.05) is 26.7 Å². The Hall–Kier alpha value is -0.240. The van der Waals surface area contributed by atoms with Crippen molar-refractivity contribution < 1.29 is 4.79 Å². The van der Waals surface area contributed by atoms with Crippen LogP contribution in [0.5, 0.6) is 0 Å². The number of nitrogens with one attached hydrogen (secondary N) is 1. The van der Waals surface area contributed by atoms with Gasteiger partial charge in [-0.25, -0.2) is 0 Å². The van der Waals surface area contributed by atoms with Crippen LogP contribution in [0.1, 0.15) is 47.0 Å². The Balaban J connectivity index is 3.55. The molecule has 1 N–H and O–H groups in total. The van der Waals surface area contributed by atoms with Crippen molar-refractivity contribution in [2.75, 3.05) is 0 Å². The van der Waals surface area contributed by atoms with Crippen molar-refractivity contribution >= 4 is 17.5 Å². The fraction of sp³-hybridized carbons (Fsp3) is 0.909. The number of rotatable bonds is 6. The molecule has 14 heavy (non-hydrogen) atoms. The van der Waals surface area contributed by atoms with E-state index in [0.717, 1.165) is 18.8 Å². The average molecular weight is 220 g/mol. The van der Waals surface area contributed by atoms with Gasteiger partial charge in [-0.3, -0.25) is 4.79 Å². The van der Waals surface area contributed by atoms with Gasteiger partial charge >= 0.3 is 0 Å². The molecule has 3 heteroatoms. The van der Waals surface area contributed by atoms with Gasteiger partial charge in [-0.15, -0.1) is 11.6 Å². The molecular formula is C11H22ClNO. The summed E-state index contributed by atoms with van der Waals surface area (Å²) in [6.45, 7) is 8.14. The van der Waals surface area contributed by atoms with E-state index in [1.54, 1.807) is 6.92 Å². The smallest absolute Gasteiger partial charge is 0.237 e. The van der Waals surface area contributed by atoms with Crippen LogP contribution in [0.4, 0.5) is 0 Å². The van der Waals surface area contributed by atoms with Gasteiger partial charge in [0.25, 0.3) is 0 Å². The minimum Gasteiger partial charge on any atom is -0.352 e. The van der Waals surface area contributed by atoms with Gasteiger partial charge in [0.1, 0.15) is 5.38 Å². The summed E-state index contributed by atoms with van der Waals surface area (Å²) in [4.78, 5) is 11.2. The van der Waals surface area contributed by atoms with Gasteiger partial charge in [-0.05, 0) is 26.2 Å². The van der Waals surface area contributed by atoms with Crippen molar-refractivity contribution in [2.24, 2.45) is 5.92 Å². The normalized spacial score (nSPS) is 15.3. The minimum atomic E-state index is -0.428. The zero-order valence-corrected chi connectivity index (χ0v) is 10.4. The molecule has 0 heterocycles. The van der Waals surface area contributed by atoms with E-state index in [1.165, 1.54) is 6.42 Å². The largest absolute Gasteiger partial charge is 0.352 e. The molecule has 2 nitrogen and oxygen atoms in total. The lowest BCUT2D eigenvalue weighted by atomic mass is 10.0. The molecule has 0 aromatic carbocycles. The molecule has 0 radical (unpaired) electrons. The van der Waals surface area contributed by atoms with Gasteiger partial charge in [0.2, 0.25) is 5.91 Å². The van der Waals surface area contributed by atoms with Crippen molar-refractivity contribution in [3.8, 4) is 0 Å². The van der Waals surface area contributed by atoms with Crippen LogP contribution in [0.25, 0.3) is 0 Å². The Morgan fingerprint density at radius 3 is 2.21 bits per heavy atom. The highest BCUT2D eigenvalue weighted by Crippen LogP contribution is 2.08. The summed E-state index contributed by atoms with van der Waals surface area (Å²) in [7, 11) is 0. The quantitative estimate of drug-likeness (QED) is 0.684. The molecule has 0 aromatic heterocycles. The molecule has 0 aromatic rings. The first-order valence-electron chi connectivity index (χ1n) is 5.38. The Morgan fingerprint density at radius 1 is 1.21 bits per heavy atom. The lowest BCUT2D eigenvalue weighted by Gasteiger charge is -2.15. The fourth-order valence-corrected chi connectivity index (χ4v) is 1.33. The second-order valence-corrected chi connectivity index (χ2v) is 5.01. The van der Waals surface area contributed by atoms with Gasteiger partial charge in [0, 0.05) is 6.04 Å². The van der Waals surface area contributed by atoms with Crippen molar-refractivity contribution in [3.63, 3.8) is 0 Å². The molecule has 0 aliphatic rings. The lowest BCUT2D eigenvalue weighted by molar-refractivity contribution is -0.121. The van der Waals surface area contributed by atoms with E-state index < -0.39 is 5.38 Å². The molecule has 0 rings (SSSR count). The number of hydrogen-bond donors (Lipinski definition) is 1. The third-order valence-corrected chi connectivity index (χ3v) is 2.37. The van der Waals surface area contributed by atoms with Crippen molar-refractivity contribution in [3.05, 3.63) is 0 Å². The molecule has 1 amide bonds. The first-order chi connectivity index (χ1) is 6.43. The van der Waals surface area contributed by atoms with Crippen LogP contribution in [0.2, 0.25) is 0 Å². The number of carbonyl (C=O) groups excluding carboxylic acids is 1. The zero-order chi connectivity index (χ0) is 11.1. The van der Waals surface area contributed by atoms with Crippen LogP contribution in [0.3, 0.4) is 0 Å². The van der Waals surface area contributed by atoms with Crippen LogP contribution >= 0.6 is 11.6 Å². The summed E-state index contributed by atoms with van der Waals surface area (Å²) >= 11 is 5.64. The van der Waals surface area contributed by atoms with Crippen LogP contribution in [-0.2, 0) is 4.79 Å². The number of alkyl halides is 1. The predicted octanol–water partition coefficient (Wildman–Crippen LogP) is 2.94. The summed E-state index contributed by atoms with van der Waals surface area (Å²) in [6, 6.07) is 0.238.